The molecule has 2 atom stereocenters. The second-order valence-electron chi connectivity index (χ2n) is 7.27. The highest BCUT2D eigenvalue weighted by atomic mass is 32.2. The van der Waals surface area contributed by atoms with E-state index >= 15 is 0 Å². The molecule has 1 saturated carbocycles. The minimum Gasteiger partial charge on any atom is -0.459 e. The summed E-state index contributed by atoms with van der Waals surface area (Å²) < 4.78 is 38.2. The molecule has 144 valence electrons. The van der Waals surface area contributed by atoms with Gasteiger partial charge in [0.15, 0.2) is 0 Å². The lowest BCUT2D eigenvalue weighted by atomic mass is 9.98. The fourth-order valence-corrected chi connectivity index (χ4v) is 5.23. The van der Waals surface area contributed by atoms with Crippen molar-refractivity contribution in [3.8, 4) is 0 Å². The molecule has 0 aromatic heterocycles. The van der Waals surface area contributed by atoms with Crippen molar-refractivity contribution >= 4 is 16.0 Å². The third-order valence-electron chi connectivity index (χ3n) is 4.94. The summed E-state index contributed by atoms with van der Waals surface area (Å²) in [6.07, 6.45) is 4.89. The Morgan fingerprint density at radius 3 is 2.19 bits per heavy atom. The van der Waals surface area contributed by atoms with Gasteiger partial charge in [-0.3, -0.25) is 0 Å². The molecular formula is C19H27NO5S. The van der Waals surface area contributed by atoms with Gasteiger partial charge in [0.05, 0.1) is 22.7 Å². The van der Waals surface area contributed by atoms with Crippen LogP contribution in [0.3, 0.4) is 0 Å². The number of esters is 1. The highest BCUT2D eigenvalue weighted by molar-refractivity contribution is 7.89. The molecule has 0 radical (unpaired) electrons. The number of nitrogens with zero attached hydrogens (tertiary/aromatic N) is 1. The van der Waals surface area contributed by atoms with Crippen LogP contribution in [-0.4, -0.2) is 50.1 Å². The first-order valence-corrected chi connectivity index (χ1v) is 10.8. The Bertz CT molecular complexity index is 715. The molecule has 1 aliphatic carbocycles. The van der Waals surface area contributed by atoms with Crippen LogP contribution in [0.2, 0.25) is 0 Å². The molecule has 1 saturated heterocycles. The van der Waals surface area contributed by atoms with E-state index < -0.39 is 10.0 Å². The van der Waals surface area contributed by atoms with Crippen molar-refractivity contribution in [1.82, 2.24) is 4.31 Å². The predicted octanol–water partition coefficient (Wildman–Crippen LogP) is 2.97. The van der Waals surface area contributed by atoms with E-state index in [2.05, 4.69) is 0 Å². The summed E-state index contributed by atoms with van der Waals surface area (Å²) in [5.74, 6) is -0.380. The van der Waals surface area contributed by atoms with Gasteiger partial charge in [-0.1, -0.05) is 6.42 Å². The van der Waals surface area contributed by atoms with Crippen LogP contribution in [-0.2, 0) is 19.5 Å². The Morgan fingerprint density at radius 2 is 1.62 bits per heavy atom. The summed E-state index contributed by atoms with van der Waals surface area (Å²) in [4.78, 5) is 12.5. The Kier molecular flexibility index (Phi) is 5.99. The van der Waals surface area contributed by atoms with Crippen molar-refractivity contribution in [2.24, 2.45) is 0 Å². The molecule has 6 nitrogen and oxygen atoms in total. The van der Waals surface area contributed by atoms with E-state index in [9.17, 15) is 13.2 Å². The van der Waals surface area contributed by atoms with Crippen molar-refractivity contribution in [1.29, 1.82) is 0 Å². The van der Waals surface area contributed by atoms with E-state index in [1.807, 2.05) is 13.8 Å². The van der Waals surface area contributed by atoms with Crippen molar-refractivity contribution in [2.75, 3.05) is 13.1 Å². The summed E-state index contributed by atoms with van der Waals surface area (Å²) in [5, 5.41) is 0. The molecule has 2 aliphatic rings. The first kappa shape index (κ1) is 19.3. The number of carbonyl (C=O) groups is 1. The fraction of sp³-hybridized carbons (Fsp3) is 0.632. The van der Waals surface area contributed by atoms with Gasteiger partial charge in [0, 0.05) is 13.1 Å². The monoisotopic (exact) mass is 381 g/mol. The van der Waals surface area contributed by atoms with E-state index in [1.54, 1.807) is 0 Å². The normalized spacial score (nSPS) is 25.8. The predicted molar refractivity (Wildman–Crippen MR) is 97.5 cm³/mol. The van der Waals surface area contributed by atoms with Gasteiger partial charge in [0.1, 0.15) is 6.10 Å². The van der Waals surface area contributed by atoms with Crippen molar-refractivity contribution < 1.29 is 22.7 Å². The standard InChI is InChI=1S/C19H27NO5S/c1-14-12-20(13-15(2)24-14)26(22,23)18-10-8-16(9-11-18)19(21)25-17-6-4-3-5-7-17/h8-11,14-15,17H,3-7,12-13H2,1-2H3. The maximum absolute atomic E-state index is 12.8. The summed E-state index contributed by atoms with van der Waals surface area (Å²) in [7, 11) is -3.60. The highest BCUT2D eigenvalue weighted by Crippen LogP contribution is 2.23. The van der Waals surface area contributed by atoms with Crippen LogP contribution in [0, 0.1) is 0 Å². The van der Waals surface area contributed by atoms with Crippen LogP contribution < -0.4 is 0 Å². The van der Waals surface area contributed by atoms with Crippen molar-refractivity contribution in [3.05, 3.63) is 29.8 Å². The Hall–Kier alpha value is -1.44. The van der Waals surface area contributed by atoms with Crippen LogP contribution in [0.1, 0.15) is 56.3 Å². The minimum absolute atomic E-state index is 0.0176. The van der Waals surface area contributed by atoms with Crippen LogP contribution in [0.4, 0.5) is 0 Å². The lowest BCUT2D eigenvalue weighted by Crippen LogP contribution is -2.48. The van der Waals surface area contributed by atoms with Crippen molar-refractivity contribution in [3.63, 3.8) is 0 Å². The molecule has 2 fully saturated rings. The molecule has 1 aromatic rings. The van der Waals surface area contributed by atoms with E-state index in [1.165, 1.54) is 35.0 Å². The smallest absolute Gasteiger partial charge is 0.338 e. The number of sulfonamides is 1. The molecule has 0 bridgehead atoms. The van der Waals surface area contributed by atoms with Crippen LogP contribution in [0.5, 0.6) is 0 Å². The Morgan fingerprint density at radius 1 is 1.04 bits per heavy atom. The van der Waals surface area contributed by atoms with Crippen LogP contribution in [0.25, 0.3) is 0 Å². The van der Waals surface area contributed by atoms with E-state index in [-0.39, 0.29) is 29.2 Å². The molecular weight excluding hydrogens is 354 g/mol. The Labute approximate surface area is 155 Å². The summed E-state index contributed by atoms with van der Waals surface area (Å²) >= 11 is 0. The quantitative estimate of drug-likeness (QED) is 0.750. The largest absolute Gasteiger partial charge is 0.459 e. The van der Waals surface area contributed by atoms with Gasteiger partial charge in [-0.25, -0.2) is 13.2 Å². The molecule has 2 unspecified atom stereocenters. The lowest BCUT2D eigenvalue weighted by Gasteiger charge is -2.34. The topological polar surface area (TPSA) is 72.9 Å². The summed E-state index contributed by atoms with van der Waals surface area (Å²) in [6, 6.07) is 6.03. The maximum atomic E-state index is 12.8. The average molecular weight is 381 g/mol. The maximum Gasteiger partial charge on any atom is 0.338 e. The molecule has 1 aromatic carbocycles. The number of ether oxygens (including phenoxy) is 2. The summed E-state index contributed by atoms with van der Waals surface area (Å²) in [6.45, 7) is 4.39. The van der Waals surface area contributed by atoms with Gasteiger partial charge in [0.25, 0.3) is 0 Å². The molecule has 26 heavy (non-hydrogen) atoms. The SMILES string of the molecule is CC1CN(S(=O)(=O)c2ccc(C(=O)OC3CCCCC3)cc2)CC(C)O1. The number of rotatable bonds is 4. The molecule has 0 spiro atoms. The lowest BCUT2D eigenvalue weighted by molar-refractivity contribution is -0.0440. The second kappa shape index (κ2) is 8.06. The van der Waals surface area contributed by atoms with Crippen LogP contribution >= 0.6 is 0 Å². The second-order valence-corrected chi connectivity index (χ2v) is 9.21. The van der Waals surface area contributed by atoms with Gasteiger partial charge in [-0.15, -0.1) is 0 Å². The van der Waals surface area contributed by atoms with Gasteiger partial charge in [-0.2, -0.15) is 4.31 Å². The van der Waals surface area contributed by atoms with E-state index in [4.69, 9.17) is 9.47 Å². The van der Waals surface area contributed by atoms with Gasteiger partial charge in [0.2, 0.25) is 10.0 Å². The molecule has 0 amide bonds. The fourth-order valence-electron chi connectivity index (χ4n) is 3.64. The molecule has 1 aliphatic heterocycles. The van der Waals surface area contributed by atoms with Crippen LogP contribution in [0.15, 0.2) is 29.2 Å². The first-order chi connectivity index (χ1) is 12.4. The molecule has 0 N–H and O–H groups in total. The zero-order chi connectivity index (χ0) is 18.7. The molecule has 3 rings (SSSR count). The zero-order valence-corrected chi connectivity index (χ0v) is 16.2. The van der Waals surface area contributed by atoms with E-state index in [0.29, 0.717) is 18.7 Å². The number of benzene rings is 1. The third-order valence-corrected chi connectivity index (χ3v) is 6.79. The molecule has 1 heterocycles. The third kappa shape index (κ3) is 4.45. The van der Waals surface area contributed by atoms with Crippen molar-refractivity contribution in [2.45, 2.75) is 69.2 Å². The highest BCUT2D eigenvalue weighted by Gasteiger charge is 2.32. The molecule has 7 heteroatoms. The van der Waals surface area contributed by atoms with Gasteiger partial charge in [-0.05, 0) is 63.8 Å². The average Bonchev–Trinajstić information content (AvgIpc) is 2.62. The minimum atomic E-state index is -3.60. The summed E-state index contributed by atoms with van der Waals surface area (Å²) in [5.41, 5.74) is 0.387. The number of carbonyl (C=O) groups excluding carboxylic acids is 1. The van der Waals surface area contributed by atoms with Gasteiger partial charge < -0.3 is 9.47 Å². The Balaban J connectivity index is 1.69. The zero-order valence-electron chi connectivity index (χ0n) is 15.4. The number of hydrogen-bond donors (Lipinski definition) is 0. The number of morpholine rings is 1. The first-order valence-electron chi connectivity index (χ1n) is 9.33. The van der Waals surface area contributed by atoms with E-state index in [0.717, 1.165) is 25.7 Å². The number of hydrogen-bond acceptors (Lipinski definition) is 5. The van der Waals surface area contributed by atoms with Gasteiger partial charge >= 0.3 is 5.97 Å².